The molecule has 0 aromatic heterocycles. The van der Waals surface area contributed by atoms with Gasteiger partial charge in [0.15, 0.2) is 0 Å². The lowest BCUT2D eigenvalue weighted by atomic mass is 9.79. The maximum Gasteiger partial charge on any atom is 0.227 e. The topological polar surface area (TPSA) is 29.1 Å². The highest BCUT2D eigenvalue weighted by Crippen LogP contribution is 2.33. The molecule has 0 saturated heterocycles. The van der Waals surface area contributed by atoms with Crippen LogP contribution < -0.4 is 5.32 Å². The maximum atomic E-state index is 12.3. The molecule has 4 heteroatoms. The molecule has 116 valence electrons. The zero-order valence-corrected chi connectivity index (χ0v) is 14.0. The molecule has 21 heavy (non-hydrogen) atoms. The zero-order chi connectivity index (χ0) is 15.2. The van der Waals surface area contributed by atoms with E-state index in [1.807, 2.05) is 0 Å². The van der Waals surface area contributed by atoms with Crippen LogP contribution >= 0.6 is 23.2 Å². The molecule has 0 aliphatic heterocycles. The minimum atomic E-state index is 0.0770. The quantitative estimate of drug-likeness (QED) is 0.713. The number of nitrogens with one attached hydrogen (secondary N) is 1. The van der Waals surface area contributed by atoms with Crippen LogP contribution in [0.5, 0.6) is 0 Å². The van der Waals surface area contributed by atoms with Gasteiger partial charge in [-0.1, -0.05) is 49.4 Å². The number of halogens is 2. The van der Waals surface area contributed by atoms with Gasteiger partial charge in [-0.3, -0.25) is 4.79 Å². The molecule has 0 unspecified atom stereocenters. The summed E-state index contributed by atoms with van der Waals surface area (Å²) in [6.07, 6.45) is 8.18. The summed E-state index contributed by atoms with van der Waals surface area (Å²) in [5, 5.41) is 4.04. The summed E-state index contributed by atoms with van der Waals surface area (Å²) in [6, 6.07) is 5.13. The Labute approximate surface area is 137 Å². The van der Waals surface area contributed by atoms with Crippen LogP contribution in [0.4, 0.5) is 5.69 Å². The van der Waals surface area contributed by atoms with Gasteiger partial charge in [-0.15, -0.1) is 0 Å². The number of amides is 1. The maximum absolute atomic E-state index is 12.3. The molecule has 1 aliphatic rings. The molecular formula is C17H23Cl2NO. The lowest BCUT2D eigenvalue weighted by molar-refractivity contribution is -0.121. The van der Waals surface area contributed by atoms with E-state index in [0.717, 1.165) is 18.8 Å². The van der Waals surface area contributed by atoms with Gasteiger partial charge in [-0.2, -0.15) is 0 Å². The third kappa shape index (κ3) is 4.89. The minimum absolute atomic E-state index is 0.0770. The van der Waals surface area contributed by atoms with E-state index in [9.17, 15) is 4.79 Å². The van der Waals surface area contributed by atoms with Gasteiger partial charge in [0.25, 0.3) is 0 Å². The SMILES string of the molecule is CCCCC1CCC(C(=O)Nc2cc(Cl)ccc2Cl)CC1. The van der Waals surface area contributed by atoms with Gasteiger partial charge in [0.05, 0.1) is 10.7 Å². The van der Waals surface area contributed by atoms with Crippen molar-refractivity contribution in [1.82, 2.24) is 0 Å². The van der Waals surface area contributed by atoms with Crippen LogP contribution in [0, 0.1) is 11.8 Å². The van der Waals surface area contributed by atoms with E-state index in [4.69, 9.17) is 23.2 Å². The Morgan fingerprint density at radius 1 is 1.24 bits per heavy atom. The molecule has 1 aliphatic carbocycles. The van der Waals surface area contributed by atoms with E-state index in [2.05, 4.69) is 12.2 Å². The van der Waals surface area contributed by atoms with Gasteiger partial charge in [0.2, 0.25) is 5.91 Å². The minimum Gasteiger partial charge on any atom is -0.324 e. The predicted molar refractivity (Wildman–Crippen MR) is 90.1 cm³/mol. The first-order chi connectivity index (χ1) is 10.1. The van der Waals surface area contributed by atoms with E-state index in [0.29, 0.717) is 15.7 Å². The molecule has 0 bridgehead atoms. The molecule has 1 N–H and O–H groups in total. The van der Waals surface area contributed by atoms with Crippen LogP contribution in [0.2, 0.25) is 10.0 Å². The van der Waals surface area contributed by atoms with Gasteiger partial charge in [-0.05, 0) is 49.8 Å². The lowest BCUT2D eigenvalue weighted by Gasteiger charge is -2.27. The van der Waals surface area contributed by atoms with Crippen LogP contribution in [0.3, 0.4) is 0 Å². The van der Waals surface area contributed by atoms with E-state index < -0.39 is 0 Å². The van der Waals surface area contributed by atoms with Crippen molar-refractivity contribution in [3.8, 4) is 0 Å². The van der Waals surface area contributed by atoms with Crippen LogP contribution in [0.1, 0.15) is 51.9 Å². The summed E-state index contributed by atoms with van der Waals surface area (Å²) in [7, 11) is 0. The van der Waals surface area contributed by atoms with Crippen molar-refractivity contribution in [3.63, 3.8) is 0 Å². The molecule has 0 heterocycles. The lowest BCUT2D eigenvalue weighted by Crippen LogP contribution is -2.27. The van der Waals surface area contributed by atoms with E-state index in [-0.39, 0.29) is 11.8 Å². The highest BCUT2D eigenvalue weighted by atomic mass is 35.5. The highest BCUT2D eigenvalue weighted by Gasteiger charge is 2.26. The third-order valence-electron chi connectivity index (χ3n) is 4.37. The van der Waals surface area contributed by atoms with Crippen molar-refractivity contribution in [1.29, 1.82) is 0 Å². The van der Waals surface area contributed by atoms with Crippen LogP contribution in [-0.2, 0) is 4.79 Å². The summed E-state index contributed by atoms with van der Waals surface area (Å²) in [4.78, 5) is 12.3. The van der Waals surface area contributed by atoms with Crippen LogP contribution in [-0.4, -0.2) is 5.91 Å². The number of unbranched alkanes of at least 4 members (excludes halogenated alkanes) is 1. The Kier molecular flexibility index (Phi) is 6.38. The molecule has 2 nitrogen and oxygen atoms in total. The fourth-order valence-corrected chi connectivity index (χ4v) is 3.37. The second kappa shape index (κ2) is 8.05. The molecule has 0 radical (unpaired) electrons. The number of hydrogen-bond acceptors (Lipinski definition) is 1. The first-order valence-corrected chi connectivity index (χ1v) is 8.61. The Bertz CT molecular complexity index is 482. The van der Waals surface area contributed by atoms with Gasteiger partial charge in [-0.25, -0.2) is 0 Å². The largest absolute Gasteiger partial charge is 0.324 e. The Hall–Kier alpha value is -0.730. The summed E-state index contributed by atoms with van der Waals surface area (Å²) in [6.45, 7) is 2.23. The molecular weight excluding hydrogens is 305 g/mol. The predicted octanol–water partition coefficient (Wildman–Crippen LogP) is 5.93. The summed E-state index contributed by atoms with van der Waals surface area (Å²) in [5.41, 5.74) is 0.613. The Morgan fingerprint density at radius 3 is 2.62 bits per heavy atom. The zero-order valence-electron chi connectivity index (χ0n) is 12.5. The van der Waals surface area contributed by atoms with Crippen LogP contribution in [0.25, 0.3) is 0 Å². The summed E-state index contributed by atoms with van der Waals surface area (Å²) in [5.74, 6) is 0.995. The number of carbonyl (C=O) groups is 1. The van der Waals surface area contributed by atoms with Crippen molar-refractivity contribution in [2.24, 2.45) is 11.8 Å². The molecule has 1 amide bonds. The molecule has 2 rings (SSSR count). The first kappa shape index (κ1) is 16.6. The van der Waals surface area contributed by atoms with E-state index in [1.54, 1.807) is 18.2 Å². The monoisotopic (exact) mass is 327 g/mol. The average molecular weight is 328 g/mol. The van der Waals surface area contributed by atoms with Crippen molar-refractivity contribution < 1.29 is 4.79 Å². The summed E-state index contributed by atoms with van der Waals surface area (Å²) >= 11 is 12.0. The van der Waals surface area contributed by atoms with E-state index in [1.165, 1.54) is 32.1 Å². The molecule has 1 aromatic rings. The normalized spacial score (nSPS) is 22.0. The number of hydrogen-bond donors (Lipinski definition) is 1. The fourth-order valence-electron chi connectivity index (χ4n) is 3.03. The second-order valence-corrected chi connectivity index (χ2v) is 6.82. The number of carbonyl (C=O) groups excluding carboxylic acids is 1. The Morgan fingerprint density at radius 2 is 1.95 bits per heavy atom. The van der Waals surface area contributed by atoms with Crippen LogP contribution in [0.15, 0.2) is 18.2 Å². The van der Waals surface area contributed by atoms with E-state index >= 15 is 0 Å². The Balaban J connectivity index is 1.86. The number of rotatable bonds is 5. The number of anilines is 1. The smallest absolute Gasteiger partial charge is 0.227 e. The second-order valence-electron chi connectivity index (χ2n) is 5.97. The first-order valence-electron chi connectivity index (χ1n) is 7.86. The highest BCUT2D eigenvalue weighted by molar-refractivity contribution is 6.35. The number of benzene rings is 1. The molecule has 0 spiro atoms. The van der Waals surface area contributed by atoms with Crippen molar-refractivity contribution in [2.75, 3.05) is 5.32 Å². The van der Waals surface area contributed by atoms with Gasteiger partial charge in [0, 0.05) is 10.9 Å². The average Bonchev–Trinajstić information content (AvgIpc) is 2.49. The third-order valence-corrected chi connectivity index (χ3v) is 4.93. The van der Waals surface area contributed by atoms with Crippen molar-refractivity contribution in [3.05, 3.63) is 28.2 Å². The van der Waals surface area contributed by atoms with Gasteiger partial charge >= 0.3 is 0 Å². The van der Waals surface area contributed by atoms with Crippen molar-refractivity contribution in [2.45, 2.75) is 51.9 Å². The molecule has 1 fully saturated rings. The van der Waals surface area contributed by atoms with Crippen molar-refractivity contribution >= 4 is 34.8 Å². The molecule has 1 saturated carbocycles. The molecule has 0 atom stereocenters. The van der Waals surface area contributed by atoms with Gasteiger partial charge in [0.1, 0.15) is 0 Å². The summed E-state index contributed by atoms with van der Waals surface area (Å²) < 4.78 is 0. The van der Waals surface area contributed by atoms with Gasteiger partial charge < -0.3 is 5.32 Å². The fraction of sp³-hybridized carbons (Fsp3) is 0.588. The molecule has 1 aromatic carbocycles. The standard InChI is InChI=1S/C17H23Cl2NO/c1-2-3-4-12-5-7-13(8-6-12)17(21)20-16-11-14(18)9-10-15(16)19/h9-13H,2-8H2,1H3,(H,20,21).